The van der Waals surface area contributed by atoms with Crippen molar-refractivity contribution in [3.8, 4) is 29.5 Å². The molecule has 5 atom stereocenters. The van der Waals surface area contributed by atoms with Gasteiger partial charge in [-0.3, -0.25) is 9.69 Å². The van der Waals surface area contributed by atoms with E-state index < -0.39 is 35.4 Å². The normalized spacial score (nSPS) is 24.6. The first-order chi connectivity index (χ1) is 22.6. The Morgan fingerprint density at radius 2 is 1.96 bits per heavy atom. The van der Waals surface area contributed by atoms with E-state index in [-0.39, 0.29) is 59.3 Å². The van der Waals surface area contributed by atoms with Crippen LogP contribution in [-0.2, 0) is 10.2 Å². The van der Waals surface area contributed by atoms with Crippen LogP contribution in [0.3, 0.4) is 0 Å². The summed E-state index contributed by atoms with van der Waals surface area (Å²) in [7, 11) is 1.83. The maximum atomic E-state index is 14.9. The third-order valence-electron chi connectivity index (χ3n) is 9.50. The number of ether oxygens (including phenoxy) is 2. The number of amides is 1. The lowest BCUT2D eigenvalue weighted by atomic mass is 9.64. The van der Waals surface area contributed by atoms with Gasteiger partial charge in [-0.25, -0.2) is 13.2 Å². The van der Waals surface area contributed by atoms with E-state index in [1.807, 2.05) is 18.9 Å². The molecular weight excluding hydrogens is 615 g/mol. The monoisotopic (exact) mass is 651 g/mol. The minimum Gasteiger partial charge on any atom is -0.474 e. The number of hydrogen-bond acceptors (Lipinski definition) is 10. The number of likely N-dealkylation sites (tertiary alicyclic amines) is 2. The Labute approximate surface area is 270 Å². The highest BCUT2D eigenvalue weighted by atomic mass is 19.1. The molecule has 248 valence electrons. The van der Waals surface area contributed by atoms with Gasteiger partial charge in [-0.15, -0.1) is 0 Å². The van der Waals surface area contributed by atoms with Crippen LogP contribution < -0.4 is 9.47 Å². The van der Waals surface area contributed by atoms with Gasteiger partial charge in [0.15, 0.2) is 0 Å². The van der Waals surface area contributed by atoms with Gasteiger partial charge < -0.3 is 18.9 Å². The Morgan fingerprint density at radius 3 is 2.60 bits per heavy atom. The lowest BCUT2D eigenvalue weighted by Crippen LogP contribution is -2.48. The van der Waals surface area contributed by atoms with E-state index in [1.54, 1.807) is 4.90 Å². The number of piperidine rings is 1. The molecule has 2 aromatic heterocycles. The van der Waals surface area contributed by atoms with Gasteiger partial charge >= 0.3 is 0 Å². The van der Waals surface area contributed by atoms with Crippen molar-refractivity contribution in [3.63, 3.8) is 0 Å². The third-order valence-corrected chi connectivity index (χ3v) is 9.50. The highest BCUT2D eigenvalue weighted by Gasteiger charge is 2.49. The molecule has 3 aliphatic rings. The zero-order valence-electron chi connectivity index (χ0n) is 26.2. The van der Waals surface area contributed by atoms with Crippen LogP contribution in [-0.4, -0.2) is 86.4 Å². The van der Waals surface area contributed by atoms with Crippen molar-refractivity contribution in [2.45, 2.75) is 87.7 Å². The SMILES string of the molecule is C=CC(=O)N1CC[C@H](Oc2cc(O[C@@H](C)[C@@H]3C[C@@H](F)CN3C)nc(-c3noc(C4(c5c(F)cccc5F)CCC4)n3)n2)C[C@H]1CC#N. The molecule has 2 saturated heterocycles. The second-order valence-corrected chi connectivity index (χ2v) is 12.5. The maximum absolute atomic E-state index is 14.9. The topological polar surface area (TPSA) is 130 Å². The highest BCUT2D eigenvalue weighted by Crippen LogP contribution is 2.50. The van der Waals surface area contributed by atoms with E-state index in [2.05, 4.69) is 32.8 Å². The zero-order valence-corrected chi connectivity index (χ0v) is 26.2. The number of rotatable bonds is 10. The van der Waals surface area contributed by atoms with Crippen molar-refractivity contribution in [1.29, 1.82) is 5.26 Å². The molecule has 3 aromatic rings. The van der Waals surface area contributed by atoms with Crippen LogP contribution in [0.25, 0.3) is 11.6 Å². The number of alkyl halides is 1. The Hall–Kier alpha value is -4.51. The van der Waals surface area contributed by atoms with E-state index in [9.17, 15) is 23.2 Å². The van der Waals surface area contributed by atoms with Gasteiger partial charge in [0.1, 0.15) is 30.0 Å². The minimum atomic E-state index is -1.12. The van der Waals surface area contributed by atoms with Gasteiger partial charge in [0.05, 0.1) is 24.0 Å². The molecular formula is C33H36F3N7O4. The van der Waals surface area contributed by atoms with Gasteiger partial charge in [-0.05, 0) is 51.4 Å². The molecule has 11 nitrogen and oxygen atoms in total. The maximum Gasteiger partial charge on any atom is 0.246 e. The first kappa shape index (κ1) is 32.4. The molecule has 47 heavy (non-hydrogen) atoms. The molecule has 0 spiro atoms. The summed E-state index contributed by atoms with van der Waals surface area (Å²) < 4.78 is 62.1. The third kappa shape index (κ3) is 6.41. The van der Waals surface area contributed by atoms with E-state index >= 15 is 0 Å². The number of carbonyl (C=O) groups is 1. The molecule has 4 heterocycles. The molecule has 0 radical (unpaired) electrons. The van der Waals surface area contributed by atoms with E-state index in [0.717, 1.165) is 6.42 Å². The first-order valence-corrected chi connectivity index (χ1v) is 15.8. The van der Waals surface area contributed by atoms with Gasteiger partial charge in [-0.1, -0.05) is 24.2 Å². The Kier molecular flexibility index (Phi) is 9.18. The van der Waals surface area contributed by atoms with Crippen LogP contribution in [0.15, 0.2) is 41.4 Å². The number of carbonyl (C=O) groups excluding carboxylic acids is 1. The molecule has 0 bridgehead atoms. The second-order valence-electron chi connectivity index (χ2n) is 12.5. The predicted octanol–water partition coefficient (Wildman–Crippen LogP) is 4.92. The fourth-order valence-corrected chi connectivity index (χ4v) is 6.97. The Bertz CT molecular complexity index is 1660. The molecule has 14 heteroatoms. The van der Waals surface area contributed by atoms with Crippen molar-refractivity contribution in [1.82, 2.24) is 29.9 Å². The predicted molar refractivity (Wildman–Crippen MR) is 162 cm³/mol. The molecule has 1 amide bonds. The smallest absolute Gasteiger partial charge is 0.246 e. The molecule has 2 aliphatic heterocycles. The lowest BCUT2D eigenvalue weighted by Gasteiger charge is -2.39. The summed E-state index contributed by atoms with van der Waals surface area (Å²) in [6, 6.07) is 6.80. The first-order valence-electron chi connectivity index (χ1n) is 15.8. The van der Waals surface area contributed by atoms with Crippen molar-refractivity contribution in [2.24, 2.45) is 0 Å². The fraction of sp³-hybridized carbons (Fsp3) is 0.515. The summed E-state index contributed by atoms with van der Waals surface area (Å²) in [6.45, 7) is 6.05. The number of nitriles is 1. The summed E-state index contributed by atoms with van der Waals surface area (Å²) in [4.78, 5) is 29.5. The number of halogens is 3. The summed E-state index contributed by atoms with van der Waals surface area (Å²) in [6.07, 6.45) is 2.27. The van der Waals surface area contributed by atoms with Crippen molar-refractivity contribution in [2.75, 3.05) is 20.1 Å². The minimum absolute atomic E-state index is 0.000769. The fourth-order valence-electron chi connectivity index (χ4n) is 6.97. The van der Waals surface area contributed by atoms with Gasteiger partial charge in [0, 0.05) is 43.6 Å². The number of likely N-dealkylation sites (N-methyl/N-ethyl adjacent to an activating group) is 1. The molecule has 1 aromatic carbocycles. The van der Waals surface area contributed by atoms with Crippen LogP contribution in [0.1, 0.15) is 63.3 Å². The molecule has 3 fully saturated rings. The summed E-state index contributed by atoms with van der Waals surface area (Å²) >= 11 is 0. The number of nitrogens with zero attached hydrogens (tertiary/aromatic N) is 7. The van der Waals surface area contributed by atoms with E-state index in [0.29, 0.717) is 45.2 Å². The Morgan fingerprint density at radius 1 is 1.21 bits per heavy atom. The van der Waals surface area contributed by atoms with Gasteiger partial charge in [0.2, 0.25) is 35.2 Å². The van der Waals surface area contributed by atoms with Crippen LogP contribution in [0.5, 0.6) is 11.8 Å². The lowest BCUT2D eigenvalue weighted by molar-refractivity contribution is -0.130. The number of benzene rings is 1. The Balaban J connectivity index is 1.31. The number of aromatic nitrogens is 4. The molecule has 6 rings (SSSR count). The van der Waals surface area contributed by atoms with Crippen molar-refractivity contribution in [3.05, 3.63) is 60.0 Å². The average Bonchev–Trinajstić information content (AvgIpc) is 3.64. The molecule has 0 unspecified atom stereocenters. The van der Waals surface area contributed by atoms with Crippen LogP contribution in [0.4, 0.5) is 13.2 Å². The standard InChI is InChI=1S/C33H36F3N7O4/c1-4-28(44)43-14-10-22(16-21(43)9-13-37)46-27-17-26(45-19(2)25-15-20(34)18-42(25)3)38-30(39-27)31-40-32(47-41-31)33(11-6-12-33)29-23(35)7-5-8-24(29)36/h4-5,7-8,17,19-22,25H,1,6,9-12,14-16,18H2,2-3H3/t19-,20+,21+,22-,25-/m0/s1. The van der Waals surface area contributed by atoms with Crippen LogP contribution in [0.2, 0.25) is 0 Å². The van der Waals surface area contributed by atoms with Crippen molar-refractivity contribution < 1.29 is 32.0 Å². The second kappa shape index (κ2) is 13.3. The molecule has 1 aliphatic carbocycles. The zero-order chi connectivity index (χ0) is 33.3. The number of hydrogen-bond donors (Lipinski definition) is 0. The van der Waals surface area contributed by atoms with E-state index in [1.165, 1.54) is 30.3 Å². The molecule has 1 saturated carbocycles. The van der Waals surface area contributed by atoms with E-state index in [4.69, 9.17) is 14.0 Å². The largest absolute Gasteiger partial charge is 0.474 e. The summed E-state index contributed by atoms with van der Waals surface area (Å²) in [5, 5.41) is 13.5. The highest BCUT2D eigenvalue weighted by molar-refractivity contribution is 5.87. The summed E-state index contributed by atoms with van der Waals surface area (Å²) in [5.41, 5.74) is -1.23. The van der Waals surface area contributed by atoms with Crippen LogP contribution >= 0.6 is 0 Å². The molecule has 0 N–H and O–H groups in total. The van der Waals surface area contributed by atoms with Gasteiger partial charge in [0.25, 0.3) is 0 Å². The van der Waals surface area contributed by atoms with Gasteiger partial charge in [-0.2, -0.15) is 20.2 Å². The summed E-state index contributed by atoms with van der Waals surface area (Å²) in [5.74, 6) is -1.35. The van der Waals surface area contributed by atoms with Crippen LogP contribution in [0, 0.1) is 23.0 Å². The van der Waals surface area contributed by atoms with Crippen molar-refractivity contribution >= 4 is 5.91 Å². The average molecular weight is 652 g/mol. The quantitative estimate of drug-likeness (QED) is 0.279.